The number of carbonyl (C=O) groups is 1. The standard InChI is InChI=1S/C8H14O5/c1-4(9)8(13)2-5(10)7(12)6(11)3-8/h5-7,10-13H,2-3H2,1H3/t5-,6-,7-,8+/m1/s1. The van der Waals surface area contributed by atoms with Gasteiger partial charge in [0, 0.05) is 12.8 Å². The van der Waals surface area contributed by atoms with Crippen molar-refractivity contribution in [1.82, 2.24) is 0 Å². The molecule has 0 heterocycles. The predicted octanol–water partition coefficient (Wildman–Crippen LogP) is -1.82. The average Bonchev–Trinajstić information content (AvgIpc) is 2.00. The summed E-state index contributed by atoms with van der Waals surface area (Å²) in [5.74, 6) is -0.502. The monoisotopic (exact) mass is 190 g/mol. The zero-order chi connectivity index (χ0) is 10.2. The van der Waals surface area contributed by atoms with Gasteiger partial charge < -0.3 is 20.4 Å². The highest BCUT2D eigenvalue weighted by molar-refractivity contribution is 5.84. The molecular weight excluding hydrogens is 176 g/mol. The fourth-order valence-electron chi connectivity index (χ4n) is 1.56. The van der Waals surface area contributed by atoms with Crippen molar-refractivity contribution >= 4 is 5.78 Å². The Kier molecular flexibility index (Phi) is 2.72. The molecule has 0 aromatic heterocycles. The van der Waals surface area contributed by atoms with Gasteiger partial charge in [0.25, 0.3) is 0 Å². The Morgan fingerprint density at radius 1 is 1.23 bits per heavy atom. The fourth-order valence-corrected chi connectivity index (χ4v) is 1.56. The normalized spacial score (nSPS) is 46.1. The number of carbonyl (C=O) groups excluding carboxylic acids is 1. The van der Waals surface area contributed by atoms with Gasteiger partial charge in [-0.15, -0.1) is 0 Å². The number of ketones is 1. The zero-order valence-electron chi connectivity index (χ0n) is 7.34. The first kappa shape index (κ1) is 10.6. The van der Waals surface area contributed by atoms with Gasteiger partial charge in [-0.1, -0.05) is 0 Å². The van der Waals surface area contributed by atoms with Crippen molar-refractivity contribution in [3.05, 3.63) is 0 Å². The predicted molar refractivity (Wildman–Crippen MR) is 42.9 cm³/mol. The molecule has 2 atom stereocenters. The molecule has 0 saturated heterocycles. The van der Waals surface area contributed by atoms with Crippen LogP contribution in [0.3, 0.4) is 0 Å². The molecule has 0 aromatic carbocycles. The summed E-state index contributed by atoms with van der Waals surface area (Å²) in [5.41, 5.74) is -1.70. The molecule has 0 radical (unpaired) electrons. The highest BCUT2D eigenvalue weighted by atomic mass is 16.4. The van der Waals surface area contributed by atoms with E-state index in [1.54, 1.807) is 0 Å². The lowest BCUT2D eigenvalue weighted by Crippen LogP contribution is -2.55. The van der Waals surface area contributed by atoms with Crippen LogP contribution in [0.25, 0.3) is 0 Å². The first-order valence-electron chi connectivity index (χ1n) is 4.14. The van der Waals surface area contributed by atoms with Crippen molar-refractivity contribution in [2.24, 2.45) is 0 Å². The van der Waals surface area contributed by atoms with E-state index in [9.17, 15) is 20.1 Å². The van der Waals surface area contributed by atoms with Crippen molar-refractivity contribution in [3.8, 4) is 0 Å². The van der Waals surface area contributed by atoms with E-state index in [0.29, 0.717) is 0 Å². The van der Waals surface area contributed by atoms with Crippen molar-refractivity contribution in [3.63, 3.8) is 0 Å². The van der Waals surface area contributed by atoms with Crippen molar-refractivity contribution < 1.29 is 25.2 Å². The van der Waals surface area contributed by atoms with Crippen LogP contribution in [0.4, 0.5) is 0 Å². The van der Waals surface area contributed by atoms with Crippen molar-refractivity contribution in [1.29, 1.82) is 0 Å². The van der Waals surface area contributed by atoms with E-state index in [1.165, 1.54) is 6.92 Å². The lowest BCUT2D eigenvalue weighted by molar-refractivity contribution is -0.169. The lowest BCUT2D eigenvalue weighted by atomic mass is 9.77. The van der Waals surface area contributed by atoms with Crippen LogP contribution in [-0.4, -0.2) is 50.1 Å². The van der Waals surface area contributed by atoms with Crippen molar-refractivity contribution in [2.45, 2.75) is 43.7 Å². The van der Waals surface area contributed by atoms with Gasteiger partial charge in [-0.05, 0) is 6.92 Å². The van der Waals surface area contributed by atoms with Crippen LogP contribution in [0.5, 0.6) is 0 Å². The van der Waals surface area contributed by atoms with Crippen LogP contribution in [0.2, 0.25) is 0 Å². The summed E-state index contributed by atoms with van der Waals surface area (Å²) in [4.78, 5) is 11.0. The van der Waals surface area contributed by atoms with E-state index in [0.717, 1.165) is 0 Å². The highest BCUT2D eigenvalue weighted by Crippen LogP contribution is 2.29. The average molecular weight is 190 g/mol. The summed E-state index contributed by atoms with van der Waals surface area (Å²) in [7, 11) is 0. The van der Waals surface area contributed by atoms with E-state index in [4.69, 9.17) is 5.11 Å². The minimum absolute atomic E-state index is 0.222. The molecule has 1 rings (SSSR count). The molecule has 0 aromatic rings. The van der Waals surface area contributed by atoms with Crippen LogP contribution in [0.1, 0.15) is 19.8 Å². The SMILES string of the molecule is CC(=O)[C@]1(O)C[C@@H](O)[C@@H](O)[C@H](O)C1. The molecule has 5 heteroatoms. The van der Waals surface area contributed by atoms with E-state index >= 15 is 0 Å². The van der Waals surface area contributed by atoms with Gasteiger partial charge in [-0.2, -0.15) is 0 Å². The van der Waals surface area contributed by atoms with Gasteiger partial charge in [0.05, 0.1) is 12.2 Å². The summed E-state index contributed by atoms with van der Waals surface area (Å²) in [5, 5.41) is 37.2. The Morgan fingerprint density at radius 3 is 1.92 bits per heavy atom. The van der Waals surface area contributed by atoms with Gasteiger partial charge in [0.2, 0.25) is 0 Å². The molecule has 1 aliphatic rings. The molecule has 0 aliphatic heterocycles. The molecule has 1 fully saturated rings. The molecular formula is C8H14O5. The molecule has 0 amide bonds. The maximum absolute atomic E-state index is 11.0. The third kappa shape index (κ3) is 1.88. The topological polar surface area (TPSA) is 98.0 Å². The minimum atomic E-state index is -1.70. The first-order chi connectivity index (χ1) is 5.87. The number of rotatable bonds is 1. The summed E-state index contributed by atoms with van der Waals surface area (Å²) in [6, 6.07) is 0. The van der Waals surface area contributed by atoms with Gasteiger partial charge in [0.15, 0.2) is 5.78 Å². The molecule has 1 saturated carbocycles. The molecule has 1 aliphatic carbocycles. The van der Waals surface area contributed by atoms with Gasteiger partial charge in [-0.25, -0.2) is 0 Å². The minimum Gasteiger partial charge on any atom is -0.390 e. The molecule has 4 N–H and O–H groups in total. The Labute approximate surface area is 75.6 Å². The fraction of sp³-hybridized carbons (Fsp3) is 0.875. The second-order valence-electron chi connectivity index (χ2n) is 3.62. The molecule has 0 bridgehead atoms. The number of aliphatic hydroxyl groups excluding tert-OH is 3. The Morgan fingerprint density at radius 2 is 1.62 bits per heavy atom. The maximum Gasteiger partial charge on any atom is 0.161 e. The molecule has 13 heavy (non-hydrogen) atoms. The number of aliphatic hydroxyl groups is 4. The largest absolute Gasteiger partial charge is 0.390 e. The van der Waals surface area contributed by atoms with Crippen LogP contribution in [0.15, 0.2) is 0 Å². The van der Waals surface area contributed by atoms with E-state index < -0.39 is 29.7 Å². The van der Waals surface area contributed by atoms with E-state index in [1.807, 2.05) is 0 Å². The third-order valence-electron chi connectivity index (χ3n) is 2.54. The smallest absolute Gasteiger partial charge is 0.161 e. The summed E-state index contributed by atoms with van der Waals surface area (Å²) in [6.07, 6.45) is -4.23. The van der Waals surface area contributed by atoms with Crippen LogP contribution < -0.4 is 0 Å². The molecule has 5 nitrogen and oxygen atoms in total. The Balaban J connectivity index is 2.79. The van der Waals surface area contributed by atoms with Crippen LogP contribution in [0, 0.1) is 0 Å². The Bertz CT molecular complexity index is 203. The van der Waals surface area contributed by atoms with Gasteiger partial charge >= 0.3 is 0 Å². The molecule has 0 spiro atoms. The van der Waals surface area contributed by atoms with Gasteiger partial charge in [0.1, 0.15) is 11.7 Å². The van der Waals surface area contributed by atoms with Crippen molar-refractivity contribution in [2.75, 3.05) is 0 Å². The Hall–Kier alpha value is -0.490. The quantitative estimate of drug-likeness (QED) is 0.390. The summed E-state index contributed by atoms with van der Waals surface area (Å²) < 4.78 is 0. The summed E-state index contributed by atoms with van der Waals surface area (Å²) in [6.45, 7) is 1.19. The second kappa shape index (κ2) is 3.34. The lowest BCUT2D eigenvalue weighted by Gasteiger charge is -2.38. The zero-order valence-corrected chi connectivity index (χ0v) is 7.34. The maximum atomic E-state index is 11.0. The molecule has 0 unspecified atom stereocenters. The number of Topliss-reactive ketones (excluding diaryl/α,β-unsaturated/α-hetero) is 1. The number of hydrogen-bond acceptors (Lipinski definition) is 5. The summed E-state index contributed by atoms with van der Waals surface area (Å²) >= 11 is 0. The van der Waals surface area contributed by atoms with Crippen LogP contribution in [-0.2, 0) is 4.79 Å². The molecule has 76 valence electrons. The number of hydrogen-bond donors (Lipinski definition) is 4. The van der Waals surface area contributed by atoms with Gasteiger partial charge in [-0.3, -0.25) is 4.79 Å². The van der Waals surface area contributed by atoms with Crippen LogP contribution >= 0.6 is 0 Å². The third-order valence-corrected chi connectivity index (χ3v) is 2.54. The first-order valence-corrected chi connectivity index (χ1v) is 4.14. The second-order valence-corrected chi connectivity index (χ2v) is 3.62. The highest BCUT2D eigenvalue weighted by Gasteiger charge is 2.46. The van der Waals surface area contributed by atoms with E-state index in [-0.39, 0.29) is 12.8 Å². The van der Waals surface area contributed by atoms with E-state index in [2.05, 4.69) is 0 Å².